The fraction of sp³-hybridized carbons (Fsp3) is 0.611. The molecule has 1 amide bonds. The van der Waals surface area contributed by atoms with Crippen molar-refractivity contribution in [1.29, 1.82) is 0 Å². The minimum atomic E-state index is -0.284. The second-order valence-electron chi connectivity index (χ2n) is 6.90. The van der Waals surface area contributed by atoms with E-state index in [4.69, 9.17) is 0 Å². The fourth-order valence-electron chi connectivity index (χ4n) is 3.88. The number of hydrogen-bond acceptors (Lipinski definition) is 3. The fourth-order valence-corrected chi connectivity index (χ4v) is 3.88. The van der Waals surface area contributed by atoms with Gasteiger partial charge in [-0.25, -0.2) is 4.39 Å². The molecule has 134 valence electrons. The molecule has 1 aromatic rings. The highest BCUT2D eigenvalue weighted by atomic mass is 35.5. The lowest BCUT2D eigenvalue weighted by molar-refractivity contribution is -0.120. The normalized spacial score (nSPS) is 20.4. The smallest absolute Gasteiger partial charge is 0.238 e. The van der Waals surface area contributed by atoms with Crippen molar-refractivity contribution >= 4 is 24.0 Å². The van der Waals surface area contributed by atoms with Crippen molar-refractivity contribution in [2.75, 3.05) is 31.5 Å². The van der Waals surface area contributed by atoms with Crippen molar-refractivity contribution in [2.24, 2.45) is 0 Å². The van der Waals surface area contributed by atoms with Crippen LogP contribution in [-0.2, 0) is 4.79 Å². The summed E-state index contributed by atoms with van der Waals surface area (Å²) < 4.78 is 13.6. The summed E-state index contributed by atoms with van der Waals surface area (Å²) in [6.07, 6.45) is 6.09. The maximum absolute atomic E-state index is 13.6. The van der Waals surface area contributed by atoms with Gasteiger partial charge in [0.1, 0.15) is 5.82 Å². The molecule has 1 saturated heterocycles. The third-order valence-electron chi connectivity index (χ3n) is 5.26. The molecule has 1 aliphatic heterocycles. The van der Waals surface area contributed by atoms with Crippen molar-refractivity contribution in [3.8, 4) is 0 Å². The molecule has 1 aromatic carbocycles. The molecule has 0 radical (unpaired) electrons. The Morgan fingerprint density at radius 2 is 2.08 bits per heavy atom. The Hall–Kier alpha value is -1.17. The summed E-state index contributed by atoms with van der Waals surface area (Å²) in [4.78, 5) is 14.7. The van der Waals surface area contributed by atoms with Gasteiger partial charge in [0.2, 0.25) is 5.91 Å². The van der Waals surface area contributed by atoms with Gasteiger partial charge >= 0.3 is 0 Å². The van der Waals surface area contributed by atoms with Crippen molar-refractivity contribution in [3.63, 3.8) is 0 Å². The monoisotopic (exact) mass is 355 g/mol. The number of aryl methyl sites for hydroxylation is 1. The largest absolute Gasteiger partial charge is 0.325 e. The van der Waals surface area contributed by atoms with Crippen LogP contribution in [0.5, 0.6) is 0 Å². The topological polar surface area (TPSA) is 44.4 Å². The zero-order valence-corrected chi connectivity index (χ0v) is 15.1. The molecule has 2 fully saturated rings. The number of amides is 1. The predicted molar refractivity (Wildman–Crippen MR) is 97.3 cm³/mol. The number of rotatable bonds is 3. The van der Waals surface area contributed by atoms with Crippen LogP contribution in [0.1, 0.15) is 37.7 Å². The van der Waals surface area contributed by atoms with Crippen LogP contribution in [0, 0.1) is 12.7 Å². The lowest BCUT2D eigenvalue weighted by Crippen LogP contribution is -2.63. The highest BCUT2D eigenvalue weighted by Crippen LogP contribution is 2.34. The van der Waals surface area contributed by atoms with Crippen LogP contribution < -0.4 is 10.6 Å². The van der Waals surface area contributed by atoms with Gasteiger partial charge in [0.15, 0.2) is 0 Å². The molecule has 1 spiro atoms. The first kappa shape index (κ1) is 19.2. The van der Waals surface area contributed by atoms with E-state index in [9.17, 15) is 9.18 Å². The predicted octanol–water partition coefficient (Wildman–Crippen LogP) is 3.10. The number of carbonyl (C=O) groups is 1. The SMILES string of the molecule is Cc1ccc(NC(=O)CN2CCNCC23CCCCC3)cc1F.Cl. The Kier molecular flexibility index (Phi) is 6.61. The van der Waals surface area contributed by atoms with Crippen LogP contribution in [-0.4, -0.2) is 42.5 Å². The molecule has 0 bridgehead atoms. The Morgan fingerprint density at radius 3 is 2.79 bits per heavy atom. The molecule has 1 heterocycles. The van der Waals surface area contributed by atoms with E-state index in [2.05, 4.69) is 15.5 Å². The summed E-state index contributed by atoms with van der Waals surface area (Å²) in [7, 11) is 0. The number of benzene rings is 1. The molecule has 0 atom stereocenters. The van der Waals surface area contributed by atoms with Crippen molar-refractivity contribution in [2.45, 2.75) is 44.6 Å². The van der Waals surface area contributed by atoms with E-state index < -0.39 is 0 Å². The average Bonchev–Trinajstić information content (AvgIpc) is 2.54. The van der Waals surface area contributed by atoms with Crippen molar-refractivity contribution < 1.29 is 9.18 Å². The molecule has 1 saturated carbocycles. The first-order chi connectivity index (χ1) is 11.1. The standard InChI is InChI=1S/C18H26FN3O.ClH/c1-14-5-6-15(11-16(14)19)21-17(23)12-22-10-9-20-13-18(22)7-3-2-4-8-18;/h5-6,11,20H,2-4,7-10,12-13H2,1H3,(H,21,23);1H. The van der Waals surface area contributed by atoms with E-state index >= 15 is 0 Å². The minimum absolute atomic E-state index is 0. The number of carbonyl (C=O) groups excluding carboxylic acids is 1. The van der Waals surface area contributed by atoms with Crippen LogP contribution in [0.15, 0.2) is 18.2 Å². The van der Waals surface area contributed by atoms with Gasteiger partial charge in [0, 0.05) is 30.9 Å². The maximum atomic E-state index is 13.6. The highest BCUT2D eigenvalue weighted by Gasteiger charge is 2.40. The highest BCUT2D eigenvalue weighted by molar-refractivity contribution is 5.92. The molecular weight excluding hydrogens is 329 g/mol. The Bertz CT molecular complexity index is 567. The first-order valence-corrected chi connectivity index (χ1v) is 8.61. The molecule has 6 heteroatoms. The molecule has 4 nitrogen and oxygen atoms in total. The second-order valence-corrected chi connectivity index (χ2v) is 6.90. The average molecular weight is 356 g/mol. The number of halogens is 2. The van der Waals surface area contributed by atoms with Gasteiger partial charge in [-0.2, -0.15) is 0 Å². The molecule has 1 aliphatic carbocycles. The summed E-state index contributed by atoms with van der Waals surface area (Å²) in [5.41, 5.74) is 1.25. The number of piperazine rings is 1. The lowest BCUT2D eigenvalue weighted by Gasteiger charge is -2.49. The van der Waals surface area contributed by atoms with E-state index in [1.165, 1.54) is 25.3 Å². The number of hydrogen-bond donors (Lipinski definition) is 2. The molecular formula is C18H27ClFN3O. The lowest BCUT2D eigenvalue weighted by atomic mass is 9.79. The van der Waals surface area contributed by atoms with Gasteiger partial charge < -0.3 is 10.6 Å². The Morgan fingerprint density at radius 1 is 1.33 bits per heavy atom. The zero-order chi connectivity index (χ0) is 16.3. The van der Waals surface area contributed by atoms with Crippen LogP contribution in [0.25, 0.3) is 0 Å². The Labute approximate surface area is 149 Å². The quantitative estimate of drug-likeness (QED) is 0.875. The zero-order valence-electron chi connectivity index (χ0n) is 14.2. The molecule has 0 unspecified atom stereocenters. The van der Waals surface area contributed by atoms with Gasteiger partial charge in [0.25, 0.3) is 0 Å². The number of nitrogens with zero attached hydrogens (tertiary/aromatic N) is 1. The molecule has 3 rings (SSSR count). The molecule has 0 aromatic heterocycles. The summed E-state index contributed by atoms with van der Waals surface area (Å²) >= 11 is 0. The van der Waals surface area contributed by atoms with Crippen LogP contribution in [0.3, 0.4) is 0 Å². The summed E-state index contributed by atoms with van der Waals surface area (Å²) in [6, 6.07) is 4.84. The van der Waals surface area contributed by atoms with Gasteiger partial charge in [-0.15, -0.1) is 12.4 Å². The third kappa shape index (κ3) is 4.26. The van der Waals surface area contributed by atoms with Crippen LogP contribution in [0.2, 0.25) is 0 Å². The first-order valence-electron chi connectivity index (χ1n) is 8.61. The van der Waals surface area contributed by atoms with E-state index in [0.717, 1.165) is 32.5 Å². The van der Waals surface area contributed by atoms with Gasteiger partial charge in [-0.1, -0.05) is 25.3 Å². The van der Waals surface area contributed by atoms with Gasteiger partial charge in [-0.3, -0.25) is 9.69 Å². The number of nitrogens with one attached hydrogen (secondary N) is 2. The third-order valence-corrected chi connectivity index (χ3v) is 5.26. The summed E-state index contributed by atoms with van der Waals surface area (Å²) in [5.74, 6) is -0.339. The minimum Gasteiger partial charge on any atom is -0.325 e. The van der Waals surface area contributed by atoms with Crippen LogP contribution >= 0.6 is 12.4 Å². The van der Waals surface area contributed by atoms with Gasteiger partial charge in [-0.05, 0) is 37.5 Å². The van der Waals surface area contributed by atoms with E-state index in [1.54, 1.807) is 19.1 Å². The molecule has 2 N–H and O–H groups in total. The molecule has 24 heavy (non-hydrogen) atoms. The number of anilines is 1. The second kappa shape index (κ2) is 8.28. The van der Waals surface area contributed by atoms with E-state index in [-0.39, 0.29) is 29.7 Å². The maximum Gasteiger partial charge on any atom is 0.238 e. The summed E-state index contributed by atoms with van der Waals surface area (Å²) in [5, 5.41) is 6.33. The van der Waals surface area contributed by atoms with Gasteiger partial charge in [0.05, 0.1) is 6.54 Å². The van der Waals surface area contributed by atoms with Crippen molar-refractivity contribution in [3.05, 3.63) is 29.6 Å². The van der Waals surface area contributed by atoms with Crippen LogP contribution in [0.4, 0.5) is 10.1 Å². The Balaban J connectivity index is 0.00000208. The van der Waals surface area contributed by atoms with E-state index in [1.807, 2.05) is 0 Å². The van der Waals surface area contributed by atoms with Crippen molar-refractivity contribution in [1.82, 2.24) is 10.2 Å². The van der Waals surface area contributed by atoms with E-state index in [0.29, 0.717) is 17.8 Å². The summed E-state index contributed by atoms with van der Waals surface area (Å²) in [6.45, 7) is 4.90. The molecule has 2 aliphatic rings.